The van der Waals surface area contributed by atoms with E-state index >= 15 is 0 Å². The van der Waals surface area contributed by atoms with Gasteiger partial charge in [0.05, 0.1) is 26.0 Å². The van der Waals surface area contributed by atoms with Gasteiger partial charge in [-0.3, -0.25) is 4.72 Å². The van der Waals surface area contributed by atoms with E-state index in [0.29, 0.717) is 0 Å². The lowest BCUT2D eigenvalue weighted by Gasteiger charge is -2.18. The number of hydrogen-bond acceptors (Lipinski definition) is 7. The van der Waals surface area contributed by atoms with Crippen molar-refractivity contribution in [2.45, 2.75) is 12.3 Å². The molecule has 8 nitrogen and oxygen atoms in total. The molecule has 13 heteroatoms. The van der Waals surface area contributed by atoms with Crippen molar-refractivity contribution in [3.8, 4) is 11.8 Å². The number of alkyl halides is 3. The second kappa shape index (κ2) is 8.65. The van der Waals surface area contributed by atoms with E-state index in [4.69, 9.17) is 9.47 Å². The largest absolute Gasteiger partial charge is 0.481 e. The summed E-state index contributed by atoms with van der Waals surface area (Å²) in [6.45, 7) is 0. The summed E-state index contributed by atoms with van der Waals surface area (Å²) in [7, 11) is -2.09. The summed E-state index contributed by atoms with van der Waals surface area (Å²) in [5.41, 5.74) is -0.238. The van der Waals surface area contributed by atoms with Crippen LogP contribution in [-0.2, 0) is 10.0 Å². The van der Waals surface area contributed by atoms with Crippen LogP contribution in [-0.4, -0.2) is 49.6 Å². The van der Waals surface area contributed by atoms with Crippen molar-refractivity contribution in [3.05, 3.63) is 39.2 Å². The molecule has 1 aromatic carbocycles. The van der Waals surface area contributed by atoms with Gasteiger partial charge in [0.1, 0.15) is 6.10 Å². The van der Waals surface area contributed by atoms with E-state index in [-0.39, 0.29) is 32.4 Å². The molecule has 154 valence electrons. The van der Waals surface area contributed by atoms with Crippen LogP contribution in [0.15, 0.2) is 24.3 Å². The van der Waals surface area contributed by atoms with Gasteiger partial charge in [-0.2, -0.15) is 23.1 Å². The van der Waals surface area contributed by atoms with E-state index in [1.807, 2.05) is 4.72 Å². The Morgan fingerprint density at radius 2 is 1.79 bits per heavy atom. The number of ether oxygens (including phenoxy) is 2. The van der Waals surface area contributed by atoms with E-state index in [0.717, 1.165) is 0 Å². The Labute approximate surface area is 172 Å². The minimum Gasteiger partial charge on any atom is -0.481 e. The van der Waals surface area contributed by atoms with Crippen molar-refractivity contribution in [1.82, 2.24) is 9.97 Å². The number of aliphatic hydroxyl groups is 1. The molecular weight excluding hydrogens is 518 g/mol. The first-order valence-electron chi connectivity index (χ1n) is 7.46. The molecule has 1 atom stereocenters. The normalized spacial score (nSPS) is 13.1. The van der Waals surface area contributed by atoms with Gasteiger partial charge in [-0.15, -0.1) is 0 Å². The molecule has 0 saturated heterocycles. The average molecular weight is 533 g/mol. The Bertz CT molecular complexity index is 934. The Morgan fingerprint density at radius 3 is 2.29 bits per heavy atom. The molecule has 2 aromatic rings. The minimum absolute atomic E-state index is 0.0343. The topological polar surface area (TPSA) is 111 Å². The molecule has 0 fully saturated rings. The van der Waals surface area contributed by atoms with Crippen LogP contribution in [0.2, 0.25) is 0 Å². The number of para-hydroxylation sites is 1. The van der Waals surface area contributed by atoms with Gasteiger partial charge in [0.15, 0.2) is 11.6 Å². The maximum atomic E-state index is 12.5. The zero-order chi connectivity index (χ0) is 21.1. The highest BCUT2D eigenvalue weighted by Gasteiger charge is 2.36. The number of aliphatic hydroxyl groups excluding tert-OH is 1. The molecule has 0 spiro atoms. The molecule has 0 aliphatic rings. The molecule has 0 radical (unpaired) electrons. The van der Waals surface area contributed by atoms with Crippen molar-refractivity contribution >= 4 is 38.3 Å². The van der Waals surface area contributed by atoms with Crippen molar-refractivity contribution in [3.63, 3.8) is 0 Å². The highest BCUT2D eigenvalue weighted by molar-refractivity contribution is 14.1. The summed E-state index contributed by atoms with van der Waals surface area (Å²) in [5, 5.41) is 10.7. The molecule has 1 heterocycles. The van der Waals surface area contributed by atoms with Crippen molar-refractivity contribution in [2.75, 3.05) is 24.7 Å². The Hall–Kier alpha value is -1.87. The maximum Gasteiger partial charge on any atom is 0.404 e. The standard InChI is InChI=1S/C15H15F3IN3O5S/c1-26-10-6-11(27-2)21-14(20-10)13(23)8-4-3-5-9(19)12(8)22-28(24,25)7-15(16,17)18/h3-6,13,22-23H,7H2,1-2H3. The summed E-state index contributed by atoms with van der Waals surface area (Å²) < 4.78 is 73.5. The second-order valence-corrected chi connectivity index (χ2v) is 8.28. The average Bonchev–Trinajstić information content (AvgIpc) is 2.60. The van der Waals surface area contributed by atoms with Crippen molar-refractivity contribution in [2.24, 2.45) is 0 Å². The van der Waals surface area contributed by atoms with E-state index < -0.39 is 28.1 Å². The molecule has 0 amide bonds. The predicted molar refractivity (Wildman–Crippen MR) is 102 cm³/mol. The first kappa shape index (κ1) is 22.4. The maximum absolute atomic E-state index is 12.5. The monoisotopic (exact) mass is 533 g/mol. The summed E-state index contributed by atoms with van der Waals surface area (Å²) in [5.74, 6) is -2.10. The SMILES string of the molecule is COc1cc(OC)nc(C(O)c2cccc(I)c2NS(=O)(=O)CC(F)(F)F)n1. The zero-order valence-electron chi connectivity index (χ0n) is 14.5. The van der Waals surface area contributed by atoms with Crippen LogP contribution in [0, 0.1) is 3.57 Å². The molecule has 2 N–H and O–H groups in total. The first-order valence-corrected chi connectivity index (χ1v) is 10.2. The molecular formula is C15H15F3IN3O5S. The predicted octanol–water partition coefficient (Wildman–Crippen LogP) is 2.48. The smallest absolute Gasteiger partial charge is 0.404 e. The number of halogens is 4. The molecule has 0 aliphatic heterocycles. The van der Waals surface area contributed by atoms with Crippen molar-refractivity contribution in [1.29, 1.82) is 0 Å². The third-order valence-corrected chi connectivity index (χ3v) is 5.43. The van der Waals surface area contributed by atoms with E-state index in [9.17, 15) is 26.7 Å². The van der Waals surface area contributed by atoms with E-state index in [1.165, 1.54) is 38.5 Å². The van der Waals surface area contributed by atoms with Gasteiger partial charge in [-0.25, -0.2) is 8.42 Å². The van der Waals surface area contributed by atoms with Gasteiger partial charge in [0.25, 0.3) is 0 Å². The van der Waals surface area contributed by atoms with Gasteiger partial charge >= 0.3 is 6.18 Å². The third-order valence-electron chi connectivity index (χ3n) is 3.31. The highest BCUT2D eigenvalue weighted by atomic mass is 127. The van der Waals surface area contributed by atoms with Crippen LogP contribution in [0.5, 0.6) is 11.8 Å². The minimum atomic E-state index is -4.92. The molecule has 2 rings (SSSR count). The molecule has 0 saturated carbocycles. The number of benzene rings is 1. The molecule has 28 heavy (non-hydrogen) atoms. The lowest BCUT2D eigenvalue weighted by molar-refractivity contribution is -0.106. The third kappa shape index (κ3) is 5.81. The van der Waals surface area contributed by atoms with E-state index in [2.05, 4.69) is 9.97 Å². The number of rotatable bonds is 7. The van der Waals surface area contributed by atoms with Crippen LogP contribution >= 0.6 is 22.6 Å². The summed E-state index contributed by atoms with van der Waals surface area (Å²) in [6.07, 6.45) is -6.49. The molecule has 1 unspecified atom stereocenters. The Morgan fingerprint density at radius 1 is 1.21 bits per heavy atom. The molecule has 0 aliphatic carbocycles. The van der Waals surface area contributed by atoms with Gasteiger partial charge < -0.3 is 14.6 Å². The van der Waals surface area contributed by atoms with Crippen molar-refractivity contribution < 1.29 is 36.2 Å². The fourth-order valence-electron chi connectivity index (χ4n) is 2.17. The van der Waals surface area contributed by atoms with Gasteiger partial charge in [-0.05, 0) is 28.7 Å². The fraction of sp³-hybridized carbons (Fsp3) is 0.333. The van der Waals surface area contributed by atoms with Crippen LogP contribution in [0.4, 0.5) is 18.9 Å². The van der Waals surface area contributed by atoms with Gasteiger partial charge in [0, 0.05) is 9.13 Å². The first-order chi connectivity index (χ1) is 13.0. The number of aromatic nitrogens is 2. The van der Waals surface area contributed by atoms with Crippen LogP contribution in [0.3, 0.4) is 0 Å². The summed E-state index contributed by atoms with van der Waals surface area (Å²) in [4.78, 5) is 7.96. The van der Waals surface area contributed by atoms with Gasteiger partial charge in [0.2, 0.25) is 21.8 Å². The van der Waals surface area contributed by atoms with Crippen LogP contribution < -0.4 is 14.2 Å². The van der Waals surface area contributed by atoms with E-state index in [1.54, 1.807) is 22.6 Å². The van der Waals surface area contributed by atoms with Gasteiger partial charge in [-0.1, -0.05) is 12.1 Å². The summed E-state index contributed by atoms with van der Waals surface area (Å²) >= 11 is 1.73. The fourth-order valence-corrected chi connectivity index (χ4v) is 4.05. The quantitative estimate of drug-likeness (QED) is 0.527. The lowest BCUT2D eigenvalue weighted by Crippen LogP contribution is -2.28. The van der Waals surface area contributed by atoms with Crippen LogP contribution in [0.1, 0.15) is 17.5 Å². The Kier molecular flexibility index (Phi) is 6.93. The zero-order valence-corrected chi connectivity index (χ0v) is 17.5. The number of nitrogens with zero attached hydrogens (tertiary/aromatic N) is 2. The number of nitrogens with one attached hydrogen (secondary N) is 1. The molecule has 0 bridgehead atoms. The highest BCUT2D eigenvalue weighted by Crippen LogP contribution is 2.33. The number of methoxy groups -OCH3 is 2. The number of anilines is 1. The van der Waals surface area contributed by atoms with Crippen LogP contribution in [0.25, 0.3) is 0 Å². The number of sulfonamides is 1. The Balaban J connectivity index is 2.49. The lowest BCUT2D eigenvalue weighted by atomic mass is 10.1. The molecule has 1 aromatic heterocycles. The number of hydrogen-bond donors (Lipinski definition) is 2. The second-order valence-electron chi connectivity index (χ2n) is 5.39. The summed E-state index contributed by atoms with van der Waals surface area (Å²) in [6, 6.07) is 5.67.